The maximum Gasteiger partial charge on any atom is 0.315 e. The van der Waals surface area contributed by atoms with Crippen LogP contribution in [0.25, 0.3) is 16.5 Å². The number of ether oxygens (including phenoxy) is 2. The lowest BCUT2D eigenvalue weighted by Gasteiger charge is -2.26. The van der Waals surface area contributed by atoms with Crippen LogP contribution >= 0.6 is 0 Å². The molecule has 2 heterocycles. The van der Waals surface area contributed by atoms with Crippen LogP contribution in [0.15, 0.2) is 67.1 Å². The zero-order valence-corrected chi connectivity index (χ0v) is 20.3. The Kier molecular flexibility index (Phi) is 6.75. The smallest absolute Gasteiger partial charge is 0.315 e. The molecule has 1 unspecified atom stereocenters. The fraction of sp³-hybridized carbons (Fsp3) is 0.321. The summed E-state index contributed by atoms with van der Waals surface area (Å²) in [5, 5.41) is 6.79. The highest BCUT2D eigenvalue weighted by molar-refractivity contribution is 5.92. The number of urea groups is 1. The average Bonchev–Trinajstić information content (AvgIpc) is 3.72. The normalized spacial score (nSPS) is 19.2. The van der Waals surface area contributed by atoms with Gasteiger partial charge in [-0.1, -0.05) is 18.7 Å². The van der Waals surface area contributed by atoms with Gasteiger partial charge in [-0.15, -0.1) is 0 Å². The van der Waals surface area contributed by atoms with Crippen molar-refractivity contribution < 1.29 is 19.1 Å². The molecule has 0 radical (unpaired) electrons. The van der Waals surface area contributed by atoms with Crippen LogP contribution in [0.1, 0.15) is 31.2 Å². The second-order valence-corrected chi connectivity index (χ2v) is 9.15. The van der Waals surface area contributed by atoms with Gasteiger partial charge in [0.1, 0.15) is 17.3 Å². The first-order valence-corrected chi connectivity index (χ1v) is 12.2. The van der Waals surface area contributed by atoms with Gasteiger partial charge in [0.05, 0.1) is 18.7 Å². The van der Waals surface area contributed by atoms with Gasteiger partial charge in [0.2, 0.25) is 5.91 Å². The van der Waals surface area contributed by atoms with E-state index in [2.05, 4.69) is 28.3 Å². The molecule has 1 atom stereocenters. The van der Waals surface area contributed by atoms with Gasteiger partial charge in [-0.05, 0) is 61.6 Å². The number of amides is 3. The van der Waals surface area contributed by atoms with Crippen LogP contribution in [0.5, 0.6) is 11.5 Å². The number of carbonyl (C=O) groups is 2. The maximum atomic E-state index is 12.0. The molecule has 2 N–H and O–H groups in total. The van der Waals surface area contributed by atoms with Crippen LogP contribution in [0.4, 0.5) is 4.79 Å². The summed E-state index contributed by atoms with van der Waals surface area (Å²) < 4.78 is 11.9. The van der Waals surface area contributed by atoms with Crippen LogP contribution < -0.4 is 20.1 Å². The lowest BCUT2D eigenvalue weighted by molar-refractivity contribution is -0.125. The number of rotatable bonds is 7. The van der Waals surface area contributed by atoms with Crippen molar-refractivity contribution in [1.82, 2.24) is 20.5 Å². The molecular weight excluding hydrogens is 456 g/mol. The lowest BCUT2D eigenvalue weighted by Crippen LogP contribution is -2.42. The van der Waals surface area contributed by atoms with Crippen molar-refractivity contribution in [2.24, 2.45) is 0 Å². The second kappa shape index (κ2) is 10.3. The maximum absolute atomic E-state index is 12.0. The summed E-state index contributed by atoms with van der Waals surface area (Å²) in [6.45, 7) is 4.73. The van der Waals surface area contributed by atoms with Crippen molar-refractivity contribution >= 4 is 28.4 Å². The van der Waals surface area contributed by atoms with Gasteiger partial charge in [-0.25, -0.2) is 4.79 Å². The van der Waals surface area contributed by atoms with Crippen molar-refractivity contribution in [3.63, 3.8) is 0 Å². The topological polar surface area (TPSA) is 92.8 Å². The second-order valence-electron chi connectivity index (χ2n) is 9.15. The molecule has 8 heteroatoms. The molecule has 3 amide bonds. The van der Waals surface area contributed by atoms with E-state index in [9.17, 15) is 9.59 Å². The zero-order valence-electron chi connectivity index (χ0n) is 20.3. The summed E-state index contributed by atoms with van der Waals surface area (Å²) in [4.78, 5) is 30.2. The summed E-state index contributed by atoms with van der Waals surface area (Å²) in [5.41, 5.74) is 2.85. The van der Waals surface area contributed by atoms with Crippen molar-refractivity contribution in [1.29, 1.82) is 0 Å². The van der Waals surface area contributed by atoms with Crippen LogP contribution in [-0.4, -0.2) is 54.1 Å². The first-order chi connectivity index (χ1) is 17.5. The third-order valence-electron chi connectivity index (χ3n) is 6.59. The Bertz CT molecular complexity index is 1290. The van der Waals surface area contributed by atoms with Crippen LogP contribution in [0.2, 0.25) is 0 Å². The summed E-state index contributed by atoms with van der Waals surface area (Å²) >= 11 is 0. The third-order valence-corrected chi connectivity index (χ3v) is 6.59. The highest BCUT2D eigenvalue weighted by Crippen LogP contribution is 2.37. The molecule has 3 aliphatic rings. The van der Waals surface area contributed by atoms with Crippen molar-refractivity contribution in [2.75, 3.05) is 20.2 Å². The molecule has 1 aromatic carbocycles. The predicted molar refractivity (Wildman–Crippen MR) is 139 cm³/mol. The monoisotopic (exact) mass is 486 g/mol. The number of methoxy groups -OCH3 is 1. The fourth-order valence-corrected chi connectivity index (χ4v) is 4.43. The summed E-state index contributed by atoms with van der Waals surface area (Å²) in [6, 6.07) is 5.96. The zero-order chi connectivity index (χ0) is 25.1. The molecule has 0 bridgehead atoms. The molecule has 8 nitrogen and oxygen atoms in total. The number of aromatic nitrogens is 1. The van der Waals surface area contributed by atoms with Gasteiger partial charge >= 0.3 is 6.03 Å². The number of allylic oxidation sites excluding steroid dienone is 1. The predicted octanol–water partition coefficient (Wildman–Crippen LogP) is 4.10. The Labute approximate surface area is 210 Å². The van der Waals surface area contributed by atoms with Crippen molar-refractivity contribution in [3.8, 4) is 11.5 Å². The number of nitrogens with one attached hydrogen (secondary N) is 2. The molecule has 36 heavy (non-hydrogen) atoms. The highest BCUT2D eigenvalue weighted by Gasteiger charge is 2.24. The molecule has 0 spiro atoms. The minimum absolute atomic E-state index is 0.0630. The third kappa shape index (κ3) is 5.27. The summed E-state index contributed by atoms with van der Waals surface area (Å²) in [7, 11) is 1.65. The van der Waals surface area contributed by atoms with E-state index >= 15 is 0 Å². The number of nitrogens with zero attached hydrogens (tertiary/aromatic N) is 2. The van der Waals surface area contributed by atoms with Crippen molar-refractivity contribution in [3.05, 3.63) is 72.7 Å². The van der Waals surface area contributed by atoms with Crippen molar-refractivity contribution in [2.45, 2.75) is 37.8 Å². The van der Waals surface area contributed by atoms with Crippen LogP contribution in [0.3, 0.4) is 0 Å². The van der Waals surface area contributed by atoms with Gasteiger partial charge in [0.25, 0.3) is 0 Å². The summed E-state index contributed by atoms with van der Waals surface area (Å²) in [5.74, 6) is 2.08. The van der Waals surface area contributed by atoms with Crippen LogP contribution in [0, 0.1) is 0 Å². The van der Waals surface area contributed by atoms with E-state index in [1.54, 1.807) is 18.2 Å². The number of fused-ring (bicyclic) bond motifs is 1. The average molecular weight is 487 g/mol. The largest absolute Gasteiger partial charge is 0.496 e. The minimum atomic E-state index is -0.125. The summed E-state index contributed by atoms with van der Waals surface area (Å²) in [6.07, 6.45) is 14.4. The molecule has 1 saturated carbocycles. The number of pyridine rings is 1. The molecular formula is C28H30N4O4. The number of hydrogen-bond donors (Lipinski definition) is 2. The lowest BCUT2D eigenvalue weighted by atomic mass is 9.96. The van der Waals surface area contributed by atoms with Gasteiger partial charge in [0, 0.05) is 42.3 Å². The SMILES string of the molecule is C=CC(=O)N1CC=C(c2cc3c(OC4=CCC(NC(=O)NC5CC5)C=C4)ccnc3cc2OC)CC1. The van der Waals surface area contributed by atoms with E-state index in [1.807, 2.05) is 36.4 Å². The van der Waals surface area contributed by atoms with Gasteiger partial charge in [-0.2, -0.15) is 0 Å². The van der Waals surface area contributed by atoms with E-state index in [1.165, 1.54) is 6.08 Å². The molecule has 1 fully saturated rings. The molecule has 5 rings (SSSR count). The standard InChI is InChI=1S/C28H30N4O4/c1-3-27(33)32-14-11-18(12-15-32)22-16-23-24(17-26(22)35-2)29-13-10-25(23)36-21-8-6-20(7-9-21)31-28(34)30-19-4-5-19/h3,6,8-11,13,16-17,19-20H,1,4-5,7,12,14-15H2,2H3,(H2,30,31,34). The Morgan fingerprint density at radius 2 is 2.06 bits per heavy atom. The number of carbonyl (C=O) groups excluding carboxylic acids is 2. The van der Waals surface area contributed by atoms with Gasteiger partial charge in [0.15, 0.2) is 0 Å². The van der Waals surface area contributed by atoms with Gasteiger partial charge in [-0.3, -0.25) is 9.78 Å². The molecule has 1 aromatic heterocycles. The molecule has 186 valence electrons. The van der Waals surface area contributed by atoms with E-state index in [0.29, 0.717) is 37.7 Å². The Balaban J connectivity index is 1.34. The highest BCUT2D eigenvalue weighted by atomic mass is 16.5. The molecule has 1 aliphatic heterocycles. The first-order valence-electron chi connectivity index (χ1n) is 12.2. The van der Waals surface area contributed by atoms with E-state index < -0.39 is 0 Å². The van der Waals surface area contributed by atoms with Crippen LogP contribution in [-0.2, 0) is 4.79 Å². The molecule has 2 aromatic rings. The quantitative estimate of drug-likeness (QED) is 0.575. The van der Waals surface area contributed by atoms with E-state index in [4.69, 9.17) is 9.47 Å². The number of hydrogen-bond acceptors (Lipinski definition) is 5. The molecule has 0 saturated heterocycles. The fourth-order valence-electron chi connectivity index (χ4n) is 4.43. The van der Waals surface area contributed by atoms with E-state index in [-0.39, 0.29) is 18.0 Å². The first kappa shape index (κ1) is 23.7. The minimum Gasteiger partial charge on any atom is -0.496 e. The van der Waals surface area contributed by atoms with Gasteiger partial charge < -0.3 is 25.0 Å². The molecule has 2 aliphatic carbocycles. The van der Waals surface area contributed by atoms with E-state index in [0.717, 1.165) is 46.4 Å². The Morgan fingerprint density at radius 1 is 1.19 bits per heavy atom. The Morgan fingerprint density at radius 3 is 2.72 bits per heavy atom. The number of benzene rings is 1. The Hall–Kier alpha value is -4.07.